The maximum absolute atomic E-state index is 10.1. The first kappa shape index (κ1) is 12.3. The molecule has 0 radical (unpaired) electrons. The highest BCUT2D eigenvalue weighted by Gasteiger charge is 2.12. The SMILES string of the molecule is OC(Cc1ccsc1)c1ccc(Br)cc1Br. The van der Waals surface area contributed by atoms with Crippen molar-refractivity contribution in [1.29, 1.82) is 0 Å². The summed E-state index contributed by atoms with van der Waals surface area (Å²) in [4.78, 5) is 0. The van der Waals surface area contributed by atoms with Crippen LogP contribution in [0.3, 0.4) is 0 Å². The Kier molecular flexibility index (Phi) is 4.19. The molecule has 0 aliphatic rings. The van der Waals surface area contributed by atoms with Gasteiger partial charge in [-0.25, -0.2) is 0 Å². The lowest BCUT2D eigenvalue weighted by atomic mass is 10.0. The first-order valence-corrected chi connectivity index (χ1v) is 7.34. The van der Waals surface area contributed by atoms with Gasteiger partial charge in [-0.2, -0.15) is 11.3 Å². The van der Waals surface area contributed by atoms with E-state index in [0.717, 1.165) is 14.5 Å². The molecular weight excluding hydrogens is 352 g/mol. The van der Waals surface area contributed by atoms with Gasteiger partial charge in [0.15, 0.2) is 0 Å². The van der Waals surface area contributed by atoms with Gasteiger partial charge in [0.05, 0.1) is 6.10 Å². The van der Waals surface area contributed by atoms with Crippen LogP contribution >= 0.6 is 43.2 Å². The monoisotopic (exact) mass is 360 g/mol. The number of aliphatic hydroxyl groups is 1. The van der Waals surface area contributed by atoms with E-state index in [2.05, 4.69) is 37.2 Å². The minimum absolute atomic E-state index is 0.461. The van der Waals surface area contributed by atoms with E-state index in [-0.39, 0.29) is 0 Å². The van der Waals surface area contributed by atoms with E-state index in [1.165, 1.54) is 5.56 Å². The van der Waals surface area contributed by atoms with Crippen molar-refractivity contribution in [2.45, 2.75) is 12.5 Å². The Balaban J connectivity index is 2.17. The highest BCUT2D eigenvalue weighted by atomic mass is 79.9. The molecule has 1 nitrogen and oxygen atoms in total. The normalized spacial score (nSPS) is 12.7. The van der Waals surface area contributed by atoms with Gasteiger partial charge < -0.3 is 5.11 Å². The highest BCUT2D eigenvalue weighted by molar-refractivity contribution is 9.11. The van der Waals surface area contributed by atoms with E-state index in [0.29, 0.717) is 6.42 Å². The highest BCUT2D eigenvalue weighted by Crippen LogP contribution is 2.29. The van der Waals surface area contributed by atoms with Gasteiger partial charge in [0.1, 0.15) is 0 Å². The molecule has 1 N–H and O–H groups in total. The summed E-state index contributed by atoms with van der Waals surface area (Å²) in [6.07, 6.45) is 0.195. The Morgan fingerprint density at radius 2 is 2.06 bits per heavy atom. The maximum atomic E-state index is 10.1. The van der Waals surface area contributed by atoms with E-state index < -0.39 is 6.10 Å². The summed E-state index contributed by atoms with van der Waals surface area (Å²) in [5.74, 6) is 0. The van der Waals surface area contributed by atoms with Crippen molar-refractivity contribution in [2.24, 2.45) is 0 Å². The van der Waals surface area contributed by atoms with Crippen LogP contribution in [0.15, 0.2) is 44.0 Å². The standard InChI is InChI=1S/C12H10Br2OS/c13-9-1-2-10(11(14)6-9)12(15)5-8-3-4-16-7-8/h1-4,6-7,12,15H,5H2. The topological polar surface area (TPSA) is 20.2 Å². The molecule has 1 atom stereocenters. The van der Waals surface area contributed by atoms with Crippen molar-refractivity contribution >= 4 is 43.2 Å². The maximum Gasteiger partial charge on any atom is 0.0841 e. The summed E-state index contributed by atoms with van der Waals surface area (Å²) < 4.78 is 1.94. The number of rotatable bonds is 3. The van der Waals surface area contributed by atoms with Crippen LogP contribution < -0.4 is 0 Å². The number of thiophene rings is 1. The lowest BCUT2D eigenvalue weighted by Crippen LogP contribution is -2.01. The quantitative estimate of drug-likeness (QED) is 0.850. The molecule has 1 aromatic heterocycles. The van der Waals surface area contributed by atoms with Gasteiger partial charge in [0.2, 0.25) is 0 Å². The zero-order valence-electron chi connectivity index (χ0n) is 8.36. The van der Waals surface area contributed by atoms with Gasteiger partial charge >= 0.3 is 0 Å². The molecule has 0 bridgehead atoms. The average Bonchev–Trinajstić information content (AvgIpc) is 2.70. The fraction of sp³-hybridized carbons (Fsp3) is 0.167. The van der Waals surface area contributed by atoms with Crippen molar-refractivity contribution in [2.75, 3.05) is 0 Å². The minimum Gasteiger partial charge on any atom is -0.388 e. The van der Waals surface area contributed by atoms with Gasteiger partial charge in [0.25, 0.3) is 0 Å². The lowest BCUT2D eigenvalue weighted by Gasteiger charge is -2.12. The minimum atomic E-state index is -0.461. The van der Waals surface area contributed by atoms with Gasteiger partial charge in [-0.15, -0.1) is 0 Å². The third-order valence-corrected chi connectivity index (χ3v) is 4.24. The molecule has 0 aliphatic heterocycles. The van der Waals surface area contributed by atoms with E-state index in [1.807, 2.05) is 29.6 Å². The smallest absolute Gasteiger partial charge is 0.0841 e. The average molecular weight is 362 g/mol. The predicted molar refractivity (Wildman–Crippen MR) is 74.8 cm³/mol. The first-order valence-electron chi connectivity index (χ1n) is 4.81. The van der Waals surface area contributed by atoms with Crippen LogP contribution in [-0.2, 0) is 6.42 Å². The Morgan fingerprint density at radius 3 is 2.69 bits per heavy atom. The summed E-state index contributed by atoms with van der Waals surface area (Å²) in [6, 6.07) is 7.87. The third kappa shape index (κ3) is 2.94. The van der Waals surface area contributed by atoms with Crippen LogP contribution in [0.4, 0.5) is 0 Å². The van der Waals surface area contributed by atoms with Crippen molar-refractivity contribution in [3.05, 3.63) is 55.1 Å². The summed E-state index contributed by atoms with van der Waals surface area (Å²) in [6.45, 7) is 0. The molecule has 1 aromatic carbocycles. The summed E-state index contributed by atoms with van der Waals surface area (Å²) in [5, 5.41) is 14.2. The van der Waals surface area contributed by atoms with E-state index >= 15 is 0 Å². The molecule has 0 amide bonds. The predicted octanol–water partition coefficient (Wildman–Crippen LogP) is 4.55. The fourth-order valence-corrected chi connectivity index (χ4v) is 3.51. The lowest BCUT2D eigenvalue weighted by molar-refractivity contribution is 0.178. The second-order valence-electron chi connectivity index (χ2n) is 3.52. The molecule has 16 heavy (non-hydrogen) atoms. The molecule has 1 unspecified atom stereocenters. The van der Waals surface area contributed by atoms with Crippen LogP contribution in [0.2, 0.25) is 0 Å². The number of hydrogen-bond acceptors (Lipinski definition) is 2. The molecule has 1 heterocycles. The Morgan fingerprint density at radius 1 is 1.25 bits per heavy atom. The van der Waals surface area contributed by atoms with Crippen molar-refractivity contribution in [3.63, 3.8) is 0 Å². The molecule has 0 spiro atoms. The summed E-state index contributed by atoms with van der Waals surface area (Å²) in [5.41, 5.74) is 2.10. The fourth-order valence-electron chi connectivity index (χ4n) is 1.51. The summed E-state index contributed by atoms with van der Waals surface area (Å²) in [7, 11) is 0. The second kappa shape index (κ2) is 5.45. The summed E-state index contributed by atoms with van der Waals surface area (Å²) >= 11 is 8.51. The zero-order valence-corrected chi connectivity index (χ0v) is 12.3. The molecule has 2 aromatic rings. The van der Waals surface area contributed by atoms with Crippen molar-refractivity contribution in [3.8, 4) is 0 Å². The van der Waals surface area contributed by atoms with Crippen LogP contribution in [0.1, 0.15) is 17.2 Å². The van der Waals surface area contributed by atoms with Crippen LogP contribution in [0, 0.1) is 0 Å². The van der Waals surface area contributed by atoms with Gasteiger partial charge in [0, 0.05) is 15.4 Å². The molecule has 4 heteroatoms. The number of hydrogen-bond donors (Lipinski definition) is 1. The number of aliphatic hydroxyl groups excluding tert-OH is 1. The number of benzene rings is 1. The van der Waals surface area contributed by atoms with Gasteiger partial charge in [-0.1, -0.05) is 37.9 Å². The van der Waals surface area contributed by atoms with Crippen molar-refractivity contribution in [1.82, 2.24) is 0 Å². The van der Waals surface area contributed by atoms with Gasteiger partial charge in [-0.05, 0) is 40.1 Å². The molecule has 2 rings (SSSR count). The largest absolute Gasteiger partial charge is 0.388 e. The van der Waals surface area contributed by atoms with E-state index in [1.54, 1.807) is 11.3 Å². The van der Waals surface area contributed by atoms with Crippen LogP contribution in [0.5, 0.6) is 0 Å². The Hall–Kier alpha value is -0.160. The Bertz CT molecular complexity index is 468. The van der Waals surface area contributed by atoms with E-state index in [4.69, 9.17) is 0 Å². The Labute approximate surface area is 115 Å². The molecule has 0 aliphatic carbocycles. The molecule has 0 saturated carbocycles. The third-order valence-electron chi connectivity index (χ3n) is 2.33. The van der Waals surface area contributed by atoms with Crippen LogP contribution in [-0.4, -0.2) is 5.11 Å². The molecule has 0 saturated heterocycles. The van der Waals surface area contributed by atoms with Crippen molar-refractivity contribution < 1.29 is 5.11 Å². The number of halogens is 2. The molecule has 84 valence electrons. The van der Waals surface area contributed by atoms with Gasteiger partial charge in [-0.3, -0.25) is 0 Å². The molecule has 0 fully saturated rings. The first-order chi connectivity index (χ1) is 7.66. The van der Waals surface area contributed by atoms with E-state index in [9.17, 15) is 5.11 Å². The zero-order chi connectivity index (χ0) is 11.5. The van der Waals surface area contributed by atoms with Crippen LogP contribution in [0.25, 0.3) is 0 Å². The molecular formula is C12H10Br2OS. The second-order valence-corrected chi connectivity index (χ2v) is 6.07.